The number of hydrogen-bond donors (Lipinski definition) is 1. The summed E-state index contributed by atoms with van der Waals surface area (Å²) in [4.78, 5) is 34.6. The van der Waals surface area contributed by atoms with Gasteiger partial charge in [0.15, 0.2) is 0 Å². The van der Waals surface area contributed by atoms with Gasteiger partial charge in [-0.1, -0.05) is 0 Å². The Kier molecular flexibility index (Phi) is 4.72. The molecule has 1 N–H and O–H groups in total. The highest BCUT2D eigenvalue weighted by Crippen LogP contribution is 2.38. The molecular formula is C15H16N2O7. The van der Waals surface area contributed by atoms with E-state index >= 15 is 0 Å². The summed E-state index contributed by atoms with van der Waals surface area (Å²) in [6.07, 6.45) is 1.16. The van der Waals surface area contributed by atoms with E-state index in [0.717, 1.165) is 6.26 Å². The van der Waals surface area contributed by atoms with Crippen LogP contribution < -0.4 is 5.32 Å². The van der Waals surface area contributed by atoms with E-state index < -0.39 is 28.8 Å². The summed E-state index contributed by atoms with van der Waals surface area (Å²) >= 11 is 0. The molecule has 0 bridgehead atoms. The number of furan rings is 1. The van der Waals surface area contributed by atoms with Crippen LogP contribution >= 0.6 is 0 Å². The molecule has 128 valence electrons. The molecule has 1 aliphatic rings. The van der Waals surface area contributed by atoms with Crippen molar-refractivity contribution in [2.45, 2.75) is 19.9 Å². The first-order valence-electron chi connectivity index (χ1n) is 6.90. The average molecular weight is 336 g/mol. The zero-order valence-electron chi connectivity index (χ0n) is 13.5. The Morgan fingerprint density at radius 1 is 1.25 bits per heavy atom. The molecule has 1 aromatic rings. The first kappa shape index (κ1) is 17.3. The molecule has 0 amide bonds. The van der Waals surface area contributed by atoms with Crippen LogP contribution in [0.4, 0.5) is 5.88 Å². The summed E-state index contributed by atoms with van der Waals surface area (Å²) in [6.45, 7) is 3.17. The minimum atomic E-state index is -0.884. The van der Waals surface area contributed by atoms with Gasteiger partial charge in [-0.15, -0.1) is 0 Å². The van der Waals surface area contributed by atoms with Crippen LogP contribution in [0, 0.1) is 10.1 Å². The topological polar surface area (TPSA) is 121 Å². The number of rotatable bonds is 4. The fourth-order valence-corrected chi connectivity index (χ4v) is 2.69. The van der Waals surface area contributed by atoms with Gasteiger partial charge in [0.25, 0.3) is 0 Å². The van der Waals surface area contributed by atoms with Gasteiger partial charge in [-0.2, -0.15) is 0 Å². The standard InChI is InChI=1S/C15H16N2O7/c1-7-10(14(18)22-3)8(2)16-12(11(7)15(19)23-4)9-5-6-24-13(9)17(20)21/h5-6,12,16H,1-4H3/t12-/m0/s1. The highest BCUT2D eigenvalue weighted by Gasteiger charge is 2.38. The molecule has 1 aliphatic heterocycles. The molecule has 2 heterocycles. The fourth-order valence-electron chi connectivity index (χ4n) is 2.69. The molecule has 0 fully saturated rings. The van der Waals surface area contributed by atoms with E-state index in [1.807, 2.05) is 0 Å². The molecule has 0 radical (unpaired) electrons. The number of carbonyl (C=O) groups excluding carboxylic acids is 2. The predicted molar refractivity (Wildman–Crippen MR) is 80.7 cm³/mol. The van der Waals surface area contributed by atoms with Crippen LogP contribution in [0.5, 0.6) is 0 Å². The zero-order valence-corrected chi connectivity index (χ0v) is 13.5. The number of carbonyl (C=O) groups is 2. The number of methoxy groups -OCH3 is 2. The normalized spacial score (nSPS) is 17.4. The van der Waals surface area contributed by atoms with Crippen LogP contribution in [0.25, 0.3) is 0 Å². The minimum absolute atomic E-state index is 0.0769. The summed E-state index contributed by atoms with van der Waals surface area (Å²) < 4.78 is 14.4. The lowest BCUT2D eigenvalue weighted by atomic mass is 9.87. The quantitative estimate of drug-likeness (QED) is 0.501. The van der Waals surface area contributed by atoms with Gasteiger partial charge in [0.2, 0.25) is 0 Å². The van der Waals surface area contributed by atoms with E-state index in [1.54, 1.807) is 13.8 Å². The monoisotopic (exact) mass is 336 g/mol. The molecule has 9 nitrogen and oxygen atoms in total. The lowest BCUT2D eigenvalue weighted by molar-refractivity contribution is -0.403. The SMILES string of the molecule is COC(=O)C1=C(C)N[C@@H](c2ccoc2[N+](=O)[O-])C(C(=O)OC)=C1C. The number of nitrogens with zero attached hydrogens (tertiary/aromatic N) is 1. The molecule has 9 heteroatoms. The Morgan fingerprint density at radius 2 is 1.88 bits per heavy atom. The minimum Gasteiger partial charge on any atom is -0.466 e. The molecule has 0 aliphatic carbocycles. The maximum atomic E-state index is 12.2. The zero-order chi connectivity index (χ0) is 18.0. The third-order valence-electron chi connectivity index (χ3n) is 3.75. The van der Waals surface area contributed by atoms with Crippen molar-refractivity contribution in [2.24, 2.45) is 0 Å². The van der Waals surface area contributed by atoms with E-state index in [-0.39, 0.29) is 16.7 Å². The number of nitrogens with one attached hydrogen (secondary N) is 1. The summed E-state index contributed by atoms with van der Waals surface area (Å²) in [5.41, 5.74) is 1.16. The lowest BCUT2D eigenvalue weighted by Gasteiger charge is -2.28. The summed E-state index contributed by atoms with van der Waals surface area (Å²) in [5.74, 6) is -1.83. The average Bonchev–Trinajstić information content (AvgIpc) is 3.03. The largest absolute Gasteiger partial charge is 0.466 e. The molecule has 2 rings (SSSR count). The fraction of sp³-hybridized carbons (Fsp3) is 0.333. The maximum absolute atomic E-state index is 12.2. The molecule has 0 saturated heterocycles. The van der Waals surface area contributed by atoms with E-state index in [2.05, 4.69) is 5.32 Å². The summed E-state index contributed by atoms with van der Waals surface area (Å²) in [7, 11) is 2.41. The van der Waals surface area contributed by atoms with Crippen molar-refractivity contribution in [3.63, 3.8) is 0 Å². The number of ether oxygens (including phenoxy) is 2. The third kappa shape index (κ3) is 2.75. The maximum Gasteiger partial charge on any atom is 0.438 e. The van der Waals surface area contributed by atoms with Crippen molar-refractivity contribution in [1.82, 2.24) is 5.32 Å². The molecule has 0 spiro atoms. The number of allylic oxidation sites excluding steroid dienone is 1. The van der Waals surface area contributed by atoms with E-state index in [4.69, 9.17) is 13.9 Å². The smallest absolute Gasteiger partial charge is 0.438 e. The number of hydrogen-bond acceptors (Lipinski definition) is 8. The van der Waals surface area contributed by atoms with Crippen LogP contribution in [-0.2, 0) is 19.1 Å². The second kappa shape index (κ2) is 6.57. The third-order valence-corrected chi connectivity index (χ3v) is 3.75. The Bertz CT molecular complexity index is 773. The van der Waals surface area contributed by atoms with Gasteiger partial charge in [-0.3, -0.25) is 10.1 Å². The Hall–Kier alpha value is -3.10. The summed E-state index contributed by atoms with van der Waals surface area (Å²) in [6, 6.07) is 0.507. The van der Waals surface area contributed by atoms with Gasteiger partial charge in [0, 0.05) is 5.70 Å². The number of dihydropyridines is 1. The lowest BCUT2D eigenvalue weighted by Crippen LogP contribution is -2.33. The van der Waals surface area contributed by atoms with Crippen LogP contribution in [0.2, 0.25) is 0 Å². The van der Waals surface area contributed by atoms with Crippen molar-refractivity contribution in [3.05, 3.63) is 50.4 Å². The second-order valence-corrected chi connectivity index (χ2v) is 5.04. The van der Waals surface area contributed by atoms with Gasteiger partial charge in [-0.25, -0.2) is 9.59 Å². The van der Waals surface area contributed by atoms with Gasteiger partial charge in [-0.05, 0) is 25.5 Å². The highest BCUT2D eigenvalue weighted by atomic mass is 16.6. The summed E-state index contributed by atoms with van der Waals surface area (Å²) in [5, 5.41) is 14.0. The van der Waals surface area contributed by atoms with Crippen LogP contribution in [0.15, 0.2) is 39.2 Å². The molecular weight excluding hydrogens is 320 g/mol. The van der Waals surface area contributed by atoms with E-state index in [0.29, 0.717) is 11.3 Å². The molecule has 24 heavy (non-hydrogen) atoms. The van der Waals surface area contributed by atoms with Gasteiger partial charge < -0.3 is 19.2 Å². The number of nitro groups is 1. The van der Waals surface area contributed by atoms with Crippen molar-refractivity contribution in [1.29, 1.82) is 0 Å². The Labute approximate surface area is 137 Å². The van der Waals surface area contributed by atoms with Crippen LogP contribution in [0.3, 0.4) is 0 Å². The van der Waals surface area contributed by atoms with Crippen molar-refractivity contribution < 1.29 is 28.4 Å². The van der Waals surface area contributed by atoms with Crippen LogP contribution in [-0.4, -0.2) is 31.1 Å². The van der Waals surface area contributed by atoms with Crippen molar-refractivity contribution in [2.75, 3.05) is 14.2 Å². The molecule has 0 unspecified atom stereocenters. The molecule has 1 atom stereocenters. The predicted octanol–water partition coefficient (Wildman–Crippen LogP) is 1.77. The van der Waals surface area contributed by atoms with Crippen molar-refractivity contribution in [3.8, 4) is 0 Å². The van der Waals surface area contributed by atoms with Gasteiger partial charge >= 0.3 is 17.8 Å². The molecule has 0 saturated carbocycles. The first-order chi connectivity index (χ1) is 11.3. The second-order valence-electron chi connectivity index (χ2n) is 5.04. The van der Waals surface area contributed by atoms with Gasteiger partial charge in [0.05, 0.1) is 37.7 Å². The Morgan fingerprint density at radius 3 is 2.42 bits per heavy atom. The molecule has 0 aromatic carbocycles. The van der Waals surface area contributed by atoms with E-state index in [9.17, 15) is 19.7 Å². The van der Waals surface area contributed by atoms with Crippen LogP contribution in [0.1, 0.15) is 25.5 Å². The van der Waals surface area contributed by atoms with Gasteiger partial charge in [0.1, 0.15) is 10.5 Å². The van der Waals surface area contributed by atoms with E-state index in [1.165, 1.54) is 20.3 Å². The highest BCUT2D eigenvalue weighted by molar-refractivity contribution is 6.00. The Balaban J connectivity index is 2.65. The first-order valence-corrected chi connectivity index (χ1v) is 6.90. The number of esters is 2. The molecule has 1 aromatic heterocycles. The van der Waals surface area contributed by atoms with Crippen molar-refractivity contribution >= 4 is 17.8 Å².